The monoisotopic (exact) mass is 369 g/mol. The van der Waals surface area contributed by atoms with E-state index in [0.717, 1.165) is 11.3 Å². The fourth-order valence-electron chi connectivity index (χ4n) is 2.17. The molecule has 0 atom stereocenters. The first-order valence-corrected chi connectivity index (χ1v) is 8.63. The van der Waals surface area contributed by atoms with E-state index < -0.39 is 4.92 Å². The Balaban J connectivity index is 1.80. The molecule has 2 aromatic carbocycles. The highest BCUT2D eigenvalue weighted by atomic mass is 32.2. The van der Waals surface area contributed by atoms with E-state index in [1.807, 2.05) is 30.3 Å². The van der Waals surface area contributed by atoms with Gasteiger partial charge in [0.1, 0.15) is 0 Å². The standard InChI is InChI=1S/C17H15N5O3S/c1-12-19-20-17(26-11-13-5-3-2-4-6-13)21(12)18-10-14-7-8-16(23)15(9-14)22(24)25/h2-10,23H,11H2,1H3/b18-10+. The first-order chi connectivity index (χ1) is 12.5. The van der Waals surface area contributed by atoms with Crippen molar-refractivity contribution in [1.29, 1.82) is 0 Å². The lowest BCUT2D eigenvalue weighted by atomic mass is 10.2. The number of hydrogen-bond donors (Lipinski definition) is 1. The van der Waals surface area contributed by atoms with E-state index in [0.29, 0.717) is 16.5 Å². The number of benzene rings is 2. The van der Waals surface area contributed by atoms with Gasteiger partial charge in [-0.15, -0.1) is 10.2 Å². The highest BCUT2D eigenvalue weighted by molar-refractivity contribution is 7.98. The van der Waals surface area contributed by atoms with Gasteiger partial charge >= 0.3 is 5.69 Å². The average molecular weight is 369 g/mol. The van der Waals surface area contributed by atoms with Crippen molar-refractivity contribution < 1.29 is 10.0 Å². The lowest BCUT2D eigenvalue weighted by Crippen LogP contribution is -1.97. The largest absolute Gasteiger partial charge is 0.502 e. The van der Waals surface area contributed by atoms with Gasteiger partial charge in [-0.2, -0.15) is 9.78 Å². The third-order valence-corrected chi connectivity index (χ3v) is 4.49. The SMILES string of the molecule is Cc1nnc(SCc2ccccc2)n1/N=C/c1ccc(O)c([N+](=O)[O-])c1. The second kappa shape index (κ2) is 7.79. The molecule has 0 amide bonds. The summed E-state index contributed by atoms with van der Waals surface area (Å²) < 4.78 is 1.58. The third-order valence-electron chi connectivity index (χ3n) is 3.50. The van der Waals surface area contributed by atoms with Crippen molar-refractivity contribution in [1.82, 2.24) is 14.9 Å². The number of aromatic nitrogens is 3. The van der Waals surface area contributed by atoms with Gasteiger partial charge in [-0.1, -0.05) is 42.1 Å². The van der Waals surface area contributed by atoms with Crippen LogP contribution in [-0.4, -0.2) is 31.1 Å². The summed E-state index contributed by atoms with van der Waals surface area (Å²) in [4.78, 5) is 10.3. The number of nitro groups is 1. The molecule has 8 nitrogen and oxygen atoms in total. The molecule has 0 aliphatic heterocycles. The fourth-order valence-corrected chi connectivity index (χ4v) is 3.06. The minimum absolute atomic E-state index is 0.367. The number of nitro benzene ring substituents is 1. The summed E-state index contributed by atoms with van der Waals surface area (Å²) in [6.07, 6.45) is 1.47. The van der Waals surface area contributed by atoms with Crippen LogP contribution >= 0.6 is 11.8 Å². The van der Waals surface area contributed by atoms with Crippen molar-refractivity contribution in [2.24, 2.45) is 5.10 Å². The van der Waals surface area contributed by atoms with E-state index in [9.17, 15) is 15.2 Å². The molecule has 0 aliphatic carbocycles. The molecular weight excluding hydrogens is 354 g/mol. The van der Waals surface area contributed by atoms with Crippen LogP contribution in [0.1, 0.15) is 17.0 Å². The second-order valence-corrected chi connectivity index (χ2v) is 6.31. The normalized spacial score (nSPS) is 11.1. The van der Waals surface area contributed by atoms with Gasteiger partial charge < -0.3 is 5.11 Å². The lowest BCUT2D eigenvalue weighted by molar-refractivity contribution is -0.385. The van der Waals surface area contributed by atoms with Gasteiger partial charge in [0, 0.05) is 17.4 Å². The van der Waals surface area contributed by atoms with Crippen LogP contribution in [0.4, 0.5) is 5.69 Å². The van der Waals surface area contributed by atoms with E-state index in [4.69, 9.17) is 0 Å². The Kier molecular flexibility index (Phi) is 5.28. The quantitative estimate of drug-likeness (QED) is 0.309. The van der Waals surface area contributed by atoms with Crippen LogP contribution in [-0.2, 0) is 5.75 Å². The Hall–Kier alpha value is -3.20. The molecule has 0 radical (unpaired) electrons. The zero-order valence-electron chi connectivity index (χ0n) is 13.8. The highest BCUT2D eigenvalue weighted by Gasteiger charge is 2.13. The van der Waals surface area contributed by atoms with Crippen molar-refractivity contribution in [3.8, 4) is 5.75 Å². The van der Waals surface area contributed by atoms with Gasteiger partial charge in [-0.05, 0) is 24.6 Å². The number of hydrogen-bond acceptors (Lipinski definition) is 7. The molecule has 0 bridgehead atoms. The maximum atomic E-state index is 10.9. The Morgan fingerprint density at radius 3 is 2.77 bits per heavy atom. The first-order valence-electron chi connectivity index (χ1n) is 7.65. The number of rotatable bonds is 6. The van der Waals surface area contributed by atoms with Crippen molar-refractivity contribution in [3.63, 3.8) is 0 Å². The predicted molar refractivity (Wildman–Crippen MR) is 98.5 cm³/mol. The summed E-state index contributed by atoms with van der Waals surface area (Å²) in [5.41, 5.74) is 1.28. The zero-order chi connectivity index (χ0) is 18.5. The van der Waals surface area contributed by atoms with Gasteiger partial charge in [0.25, 0.3) is 0 Å². The van der Waals surface area contributed by atoms with E-state index in [1.165, 1.54) is 30.1 Å². The third kappa shape index (κ3) is 4.06. The van der Waals surface area contributed by atoms with Crippen LogP contribution in [0.25, 0.3) is 0 Å². The summed E-state index contributed by atoms with van der Waals surface area (Å²) in [5, 5.41) is 33.5. The highest BCUT2D eigenvalue weighted by Crippen LogP contribution is 2.26. The van der Waals surface area contributed by atoms with Gasteiger partial charge in [-0.25, -0.2) is 0 Å². The average Bonchev–Trinajstić information content (AvgIpc) is 2.99. The smallest absolute Gasteiger partial charge is 0.311 e. The number of thioether (sulfide) groups is 1. The molecule has 0 saturated carbocycles. The van der Waals surface area contributed by atoms with E-state index in [-0.39, 0.29) is 11.4 Å². The summed E-state index contributed by atoms with van der Waals surface area (Å²) in [7, 11) is 0. The Morgan fingerprint density at radius 1 is 1.27 bits per heavy atom. The van der Waals surface area contributed by atoms with E-state index >= 15 is 0 Å². The van der Waals surface area contributed by atoms with Crippen LogP contribution in [0, 0.1) is 17.0 Å². The molecule has 26 heavy (non-hydrogen) atoms. The van der Waals surface area contributed by atoms with Crippen LogP contribution in [0.5, 0.6) is 5.75 Å². The zero-order valence-corrected chi connectivity index (χ0v) is 14.6. The number of phenolic OH excluding ortho intramolecular Hbond substituents is 1. The summed E-state index contributed by atoms with van der Waals surface area (Å²) in [6, 6.07) is 14.0. The molecule has 3 rings (SSSR count). The topological polar surface area (TPSA) is 106 Å². The second-order valence-electron chi connectivity index (χ2n) is 5.37. The Labute approximate surface area is 153 Å². The van der Waals surface area contributed by atoms with Crippen molar-refractivity contribution >= 4 is 23.7 Å². The van der Waals surface area contributed by atoms with Gasteiger partial charge in [0.15, 0.2) is 11.6 Å². The van der Waals surface area contributed by atoms with Crippen molar-refractivity contribution in [3.05, 3.63) is 75.6 Å². The number of nitrogens with zero attached hydrogens (tertiary/aromatic N) is 5. The number of phenols is 1. The van der Waals surface area contributed by atoms with Crippen molar-refractivity contribution in [2.45, 2.75) is 17.8 Å². The Morgan fingerprint density at radius 2 is 2.04 bits per heavy atom. The molecule has 0 unspecified atom stereocenters. The minimum atomic E-state index is -0.641. The minimum Gasteiger partial charge on any atom is -0.502 e. The number of aromatic hydroxyl groups is 1. The molecular formula is C17H15N5O3S. The van der Waals surface area contributed by atoms with Crippen LogP contribution in [0.2, 0.25) is 0 Å². The van der Waals surface area contributed by atoms with Crippen LogP contribution in [0.3, 0.4) is 0 Å². The molecule has 132 valence electrons. The summed E-state index contributed by atoms with van der Waals surface area (Å²) >= 11 is 1.49. The number of aryl methyl sites for hydroxylation is 1. The maximum absolute atomic E-state index is 10.9. The van der Waals surface area contributed by atoms with Gasteiger partial charge in [0.2, 0.25) is 5.16 Å². The molecule has 1 N–H and O–H groups in total. The van der Waals surface area contributed by atoms with Crippen LogP contribution < -0.4 is 0 Å². The van der Waals surface area contributed by atoms with Crippen molar-refractivity contribution in [2.75, 3.05) is 0 Å². The molecule has 3 aromatic rings. The van der Waals surface area contributed by atoms with E-state index in [1.54, 1.807) is 17.7 Å². The Bertz CT molecular complexity index is 956. The molecule has 0 saturated heterocycles. The van der Waals surface area contributed by atoms with Gasteiger partial charge in [0.05, 0.1) is 11.1 Å². The molecule has 1 aromatic heterocycles. The summed E-state index contributed by atoms with van der Waals surface area (Å²) in [5.74, 6) is 0.941. The molecule has 0 aliphatic rings. The first kappa shape index (κ1) is 17.6. The maximum Gasteiger partial charge on any atom is 0.311 e. The van der Waals surface area contributed by atoms with Gasteiger partial charge in [-0.3, -0.25) is 10.1 Å². The van der Waals surface area contributed by atoms with E-state index in [2.05, 4.69) is 15.3 Å². The van der Waals surface area contributed by atoms with Crippen LogP contribution in [0.15, 0.2) is 58.8 Å². The molecule has 9 heteroatoms. The molecule has 0 fully saturated rings. The fraction of sp³-hybridized carbons (Fsp3) is 0.118. The predicted octanol–water partition coefficient (Wildman–Crippen LogP) is 3.37. The summed E-state index contributed by atoms with van der Waals surface area (Å²) in [6.45, 7) is 1.77. The molecule has 0 spiro atoms. The molecule has 1 heterocycles. The lowest BCUT2D eigenvalue weighted by Gasteiger charge is -2.03.